The second-order valence-corrected chi connectivity index (χ2v) is 7.01. The van der Waals surface area contributed by atoms with E-state index in [0.717, 1.165) is 24.3 Å². The number of anilines is 1. The molecule has 0 saturated carbocycles. The van der Waals surface area contributed by atoms with Crippen molar-refractivity contribution in [2.75, 3.05) is 19.5 Å². The van der Waals surface area contributed by atoms with Crippen molar-refractivity contribution in [3.8, 4) is 11.5 Å². The van der Waals surface area contributed by atoms with Gasteiger partial charge in [-0.2, -0.15) is 0 Å². The molecule has 2 N–H and O–H groups in total. The molecule has 2 aromatic carbocycles. The Kier molecular flexibility index (Phi) is 7.92. The highest BCUT2D eigenvalue weighted by Crippen LogP contribution is 2.29. The first-order valence-corrected chi connectivity index (χ1v) is 9.82. The summed E-state index contributed by atoms with van der Waals surface area (Å²) in [5, 5.41) is 7.19. The lowest BCUT2D eigenvalue weighted by Crippen LogP contribution is -2.32. The molecule has 0 aliphatic rings. The third-order valence-electron chi connectivity index (χ3n) is 4.89. The summed E-state index contributed by atoms with van der Waals surface area (Å²) < 4.78 is 10.7. The molecule has 2 atom stereocenters. The molecule has 5 heteroatoms. The molecule has 27 heavy (non-hydrogen) atoms. The second kappa shape index (κ2) is 10.2. The van der Waals surface area contributed by atoms with Crippen LogP contribution in [-0.4, -0.2) is 19.3 Å². The fraction of sp³-hybridized carbons (Fsp3) is 0.409. The van der Waals surface area contributed by atoms with Gasteiger partial charge in [-0.1, -0.05) is 45.0 Å². The molecule has 0 aliphatic carbocycles. The predicted molar refractivity (Wildman–Crippen MR) is 117 cm³/mol. The summed E-state index contributed by atoms with van der Waals surface area (Å²) in [5.41, 5.74) is 3.38. The van der Waals surface area contributed by atoms with Crippen LogP contribution in [0.4, 0.5) is 5.69 Å². The minimum Gasteiger partial charge on any atom is -0.497 e. The van der Waals surface area contributed by atoms with Gasteiger partial charge < -0.3 is 20.1 Å². The Labute approximate surface area is 168 Å². The number of benzene rings is 2. The number of nitrogens with one attached hydrogen (secondary N) is 2. The standard InChI is InChI=1S/C22H30N2O2S/c1-6-15(3)16-8-10-17(11-9-16)19(7-2)23-22(27)24-20-14-18(25-4)12-13-21(20)26-5/h8-15,19H,6-7H2,1-5H3,(H2,23,24,27). The van der Waals surface area contributed by atoms with Gasteiger partial charge in [0.05, 0.1) is 25.9 Å². The molecule has 0 aromatic heterocycles. The Morgan fingerprint density at radius 2 is 1.63 bits per heavy atom. The molecule has 0 fully saturated rings. The van der Waals surface area contributed by atoms with E-state index in [2.05, 4.69) is 55.7 Å². The average molecular weight is 387 g/mol. The first-order valence-electron chi connectivity index (χ1n) is 9.41. The molecule has 2 unspecified atom stereocenters. The number of methoxy groups -OCH3 is 2. The first-order chi connectivity index (χ1) is 13.0. The van der Waals surface area contributed by atoms with Crippen LogP contribution < -0.4 is 20.1 Å². The molecule has 0 aliphatic heterocycles. The second-order valence-electron chi connectivity index (χ2n) is 6.60. The van der Waals surface area contributed by atoms with Crippen molar-refractivity contribution in [2.45, 2.75) is 45.6 Å². The summed E-state index contributed by atoms with van der Waals surface area (Å²) in [6, 6.07) is 14.5. The molecule has 146 valence electrons. The zero-order valence-corrected chi connectivity index (χ0v) is 17.7. The van der Waals surface area contributed by atoms with Crippen molar-refractivity contribution in [3.05, 3.63) is 53.6 Å². The molecule has 0 saturated heterocycles. The van der Waals surface area contributed by atoms with E-state index in [9.17, 15) is 0 Å². The highest BCUT2D eigenvalue weighted by molar-refractivity contribution is 7.80. The van der Waals surface area contributed by atoms with Gasteiger partial charge >= 0.3 is 0 Å². The molecule has 0 heterocycles. The van der Waals surface area contributed by atoms with Crippen molar-refractivity contribution in [1.29, 1.82) is 0 Å². The fourth-order valence-corrected chi connectivity index (χ4v) is 3.19. The van der Waals surface area contributed by atoms with Gasteiger partial charge in [0.25, 0.3) is 0 Å². The van der Waals surface area contributed by atoms with Crippen molar-refractivity contribution in [3.63, 3.8) is 0 Å². The normalized spacial score (nSPS) is 12.8. The summed E-state index contributed by atoms with van der Waals surface area (Å²) in [6.07, 6.45) is 2.07. The van der Waals surface area contributed by atoms with E-state index >= 15 is 0 Å². The number of rotatable bonds is 8. The zero-order valence-electron chi connectivity index (χ0n) is 16.8. The van der Waals surface area contributed by atoms with E-state index < -0.39 is 0 Å². The Morgan fingerprint density at radius 3 is 2.19 bits per heavy atom. The van der Waals surface area contributed by atoms with Crippen LogP contribution in [0.5, 0.6) is 11.5 Å². The van der Waals surface area contributed by atoms with Gasteiger partial charge in [-0.25, -0.2) is 0 Å². The van der Waals surface area contributed by atoms with E-state index in [1.54, 1.807) is 14.2 Å². The quantitative estimate of drug-likeness (QED) is 0.574. The highest BCUT2D eigenvalue weighted by Gasteiger charge is 2.13. The van der Waals surface area contributed by atoms with Crippen LogP contribution in [0.25, 0.3) is 0 Å². The summed E-state index contributed by atoms with van der Waals surface area (Å²) in [4.78, 5) is 0. The average Bonchev–Trinajstić information content (AvgIpc) is 2.71. The van der Waals surface area contributed by atoms with Gasteiger partial charge in [0.15, 0.2) is 5.11 Å². The van der Waals surface area contributed by atoms with Crippen molar-refractivity contribution in [1.82, 2.24) is 5.32 Å². The minimum absolute atomic E-state index is 0.146. The monoisotopic (exact) mass is 386 g/mol. The maximum absolute atomic E-state index is 5.53. The van der Waals surface area contributed by atoms with Crippen molar-refractivity contribution >= 4 is 23.0 Å². The predicted octanol–water partition coefficient (Wildman–Crippen LogP) is 5.66. The van der Waals surface area contributed by atoms with Gasteiger partial charge in [0.1, 0.15) is 11.5 Å². The minimum atomic E-state index is 0.146. The zero-order chi connectivity index (χ0) is 19.8. The fourth-order valence-electron chi connectivity index (χ4n) is 2.94. The SMILES string of the molecule is CCC(C)c1ccc(C(CC)NC(=S)Nc2cc(OC)ccc2OC)cc1. The third-order valence-corrected chi connectivity index (χ3v) is 5.11. The van der Waals surface area contributed by atoms with Crippen LogP contribution >= 0.6 is 12.2 Å². The number of hydrogen-bond donors (Lipinski definition) is 2. The summed E-state index contributed by atoms with van der Waals surface area (Å²) in [7, 11) is 3.27. The van der Waals surface area contributed by atoms with Crippen LogP contribution in [-0.2, 0) is 0 Å². The lowest BCUT2D eigenvalue weighted by molar-refractivity contribution is 0.405. The summed E-state index contributed by atoms with van der Waals surface area (Å²) in [5.74, 6) is 2.04. The van der Waals surface area contributed by atoms with Gasteiger partial charge in [-0.05, 0) is 54.2 Å². The van der Waals surface area contributed by atoms with Gasteiger partial charge in [-0.15, -0.1) is 0 Å². The van der Waals surface area contributed by atoms with E-state index in [4.69, 9.17) is 21.7 Å². The molecular formula is C22H30N2O2S. The molecule has 0 amide bonds. The Hall–Kier alpha value is -2.27. The van der Waals surface area contributed by atoms with Crippen molar-refractivity contribution < 1.29 is 9.47 Å². The molecule has 0 radical (unpaired) electrons. The summed E-state index contributed by atoms with van der Waals surface area (Å²) >= 11 is 5.53. The number of ether oxygens (including phenoxy) is 2. The summed E-state index contributed by atoms with van der Waals surface area (Å²) in [6.45, 7) is 6.62. The van der Waals surface area contributed by atoms with Crippen LogP contribution in [0.2, 0.25) is 0 Å². The number of thiocarbonyl (C=S) groups is 1. The molecule has 0 bridgehead atoms. The Morgan fingerprint density at radius 1 is 0.963 bits per heavy atom. The highest BCUT2D eigenvalue weighted by atomic mass is 32.1. The lowest BCUT2D eigenvalue weighted by Gasteiger charge is -2.21. The maximum Gasteiger partial charge on any atom is 0.171 e. The molecule has 0 spiro atoms. The van der Waals surface area contributed by atoms with Crippen LogP contribution in [0.1, 0.15) is 56.7 Å². The molecule has 2 rings (SSSR count). The van der Waals surface area contributed by atoms with Gasteiger partial charge in [0.2, 0.25) is 0 Å². The number of hydrogen-bond acceptors (Lipinski definition) is 3. The van der Waals surface area contributed by atoms with E-state index in [1.807, 2.05) is 18.2 Å². The largest absolute Gasteiger partial charge is 0.497 e. The van der Waals surface area contributed by atoms with Crippen LogP contribution in [0, 0.1) is 0 Å². The van der Waals surface area contributed by atoms with Crippen LogP contribution in [0.3, 0.4) is 0 Å². The topological polar surface area (TPSA) is 42.5 Å². The van der Waals surface area contributed by atoms with E-state index in [-0.39, 0.29) is 6.04 Å². The van der Waals surface area contributed by atoms with Crippen LogP contribution in [0.15, 0.2) is 42.5 Å². The first kappa shape index (κ1) is 21.0. The Bertz CT molecular complexity index is 746. The third kappa shape index (κ3) is 5.60. The van der Waals surface area contributed by atoms with E-state index in [0.29, 0.717) is 16.8 Å². The van der Waals surface area contributed by atoms with Gasteiger partial charge in [0, 0.05) is 6.07 Å². The molecule has 4 nitrogen and oxygen atoms in total. The Balaban J connectivity index is 2.09. The van der Waals surface area contributed by atoms with Crippen molar-refractivity contribution in [2.24, 2.45) is 0 Å². The molecular weight excluding hydrogens is 356 g/mol. The smallest absolute Gasteiger partial charge is 0.171 e. The maximum atomic E-state index is 5.53. The van der Waals surface area contributed by atoms with E-state index in [1.165, 1.54) is 11.1 Å². The van der Waals surface area contributed by atoms with Gasteiger partial charge in [-0.3, -0.25) is 0 Å². The lowest BCUT2D eigenvalue weighted by atomic mass is 9.95. The molecule has 2 aromatic rings.